The number of alkyl carbamates (subject to hydrolysis) is 1. The van der Waals surface area contributed by atoms with Crippen LogP contribution in [0.3, 0.4) is 0 Å². The van der Waals surface area contributed by atoms with Gasteiger partial charge in [-0.25, -0.2) is 9.59 Å². The van der Waals surface area contributed by atoms with Gasteiger partial charge in [0.25, 0.3) is 0 Å². The smallest absolute Gasteiger partial charge is 0.407 e. The van der Waals surface area contributed by atoms with Crippen molar-refractivity contribution in [3.63, 3.8) is 0 Å². The molecule has 2 amide bonds. The Morgan fingerprint density at radius 3 is 1.97 bits per heavy atom. The van der Waals surface area contributed by atoms with E-state index in [4.69, 9.17) is 9.47 Å². The van der Waals surface area contributed by atoms with E-state index < -0.39 is 42.1 Å². The molecule has 8 nitrogen and oxygen atoms in total. The van der Waals surface area contributed by atoms with Crippen LogP contribution in [0.4, 0.5) is 4.79 Å². The van der Waals surface area contributed by atoms with E-state index >= 15 is 0 Å². The standard InChI is InChI=1S/C31H34N2O6/c1-19(29(34)33-28(30(35)36)21(3)38-17-22-11-5-4-6-12-22)20(2)32-31(37)39-18-27-25-15-9-7-13-23(25)24-14-8-10-16-26(24)27/h4-16,19-21,27-28H,17-18H2,1-3H3,(H,32,37)(H,33,34)(H,35,36)/t19?,20?,21-,28+/m1/s1. The number of hydrogen-bond donors (Lipinski definition) is 3. The van der Waals surface area contributed by atoms with Crippen molar-refractivity contribution in [1.29, 1.82) is 0 Å². The third-order valence-electron chi connectivity index (χ3n) is 7.24. The zero-order chi connectivity index (χ0) is 27.9. The Hall–Kier alpha value is -4.17. The SMILES string of the molecule is CC(NC(=O)OCC1c2ccccc2-c2ccccc21)C(C)C(=O)N[C@H](C(=O)O)[C@@H](C)OCc1ccccc1. The molecule has 4 rings (SSSR count). The zero-order valence-corrected chi connectivity index (χ0v) is 22.3. The van der Waals surface area contributed by atoms with Crippen LogP contribution in [0, 0.1) is 5.92 Å². The maximum atomic E-state index is 12.9. The van der Waals surface area contributed by atoms with Gasteiger partial charge < -0.3 is 25.2 Å². The van der Waals surface area contributed by atoms with Crippen LogP contribution < -0.4 is 10.6 Å². The summed E-state index contributed by atoms with van der Waals surface area (Å²) >= 11 is 0. The molecule has 3 aromatic carbocycles. The first-order valence-electron chi connectivity index (χ1n) is 13.1. The van der Waals surface area contributed by atoms with E-state index in [-0.39, 0.29) is 19.1 Å². The molecule has 2 unspecified atom stereocenters. The van der Waals surface area contributed by atoms with Crippen molar-refractivity contribution in [2.45, 2.75) is 51.5 Å². The summed E-state index contributed by atoms with van der Waals surface area (Å²) in [5.74, 6) is -2.50. The molecule has 0 spiro atoms. The summed E-state index contributed by atoms with van der Waals surface area (Å²) in [4.78, 5) is 37.4. The Morgan fingerprint density at radius 1 is 0.821 bits per heavy atom. The van der Waals surface area contributed by atoms with Crippen LogP contribution >= 0.6 is 0 Å². The predicted octanol–water partition coefficient (Wildman–Crippen LogP) is 4.72. The Labute approximate surface area is 228 Å². The number of fused-ring (bicyclic) bond motifs is 3. The van der Waals surface area contributed by atoms with E-state index in [1.165, 1.54) is 0 Å². The fourth-order valence-corrected chi connectivity index (χ4v) is 4.74. The number of ether oxygens (including phenoxy) is 2. The molecule has 0 heterocycles. The second kappa shape index (κ2) is 12.6. The lowest BCUT2D eigenvalue weighted by atomic mass is 9.98. The van der Waals surface area contributed by atoms with Crippen molar-refractivity contribution in [3.05, 3.63) is 95.6 Å². The van der Waals surface area contributed by atoms with Gasteiger partial charge in [0, 0.05) is 12.0 Å². The lowest BCUT2D eigenvalue weighted by Crippen LogP contribution is -2.53. The molecule has 0 saturated carbocycles. The zero-order valence-electron chi connectivity index (χ0n) is 22.3. The minimum absolute atomic E-state index is 0.0760. The Morgan fingerprint density at radius 2 is 1.38 bits per heavy atom. The highest BCUT2D eigenvalue weighted by atomic mass is 16.5. The molecule has 8 heteroatoms. The molecular formula is C31H34N2O6. The summed E-state index contributed by atoms with van der Waals surface area (Å²) in [6, 6.07) is 23.7. The molecule has 4 atom stereocenters. The fraction of sp³-hybridized carbons (Fsp3) is 0.323. The monoisotopic (exact) mass is 530 g/mol. The number of carboxylic acid groups (broad SMARTS) is 1. The first-order chi connectivity index (χ1) is 18.8. The number of amides is 2. The van der Waals surface area contributed by atoms with Gasteiger partial charge in [-0.1, -0.05) is 85.8 Å². The molecule has 204 valence electrons. The molecule has 3 aromatic rings. The van der Waals surface area contributed by atoms with E-state index in [9.17, 15) is 19.5 Å². The predicted molar refractivity (Wildman–Crippen MR) is 147 cm³/mol. The molecule has 3 N–H and O–H groups in total. The van der Waals surface area contributed by atoms with Crippen LogP contribution in [0.25, 0.3) is 11.1 Å². The van der Waals surface area contributed by atoms with Crippen molar-refractivity contribution >= 4 is 18.0 Å². The third-order valence-corrected chi connectivity index (χ3v) is 7.24. The molecule has 0 aliphatic heterocycles. The number of carbonyl (C=O) groups excluding carboxylic acids is 2. The van der Waals surface area contributed by atoms with Gasteiger partial charge in [0.2, 0.25) is 5.91 Å². The summed E-state index contributed by atoms with van der Waals surface area (Å²) in [7, 11) is 0. The van der Waals surface area contributed by atoms with E-state index in [2.05, 4.69) is 22.8 Å². The van der Waals surface area contributed by atoms with E-state index in [1.807, 2.05) is 66.7 Å². The van der Waals surface area contributed by atoms with Crippen molar-refractivity contribution in [2.24, 2.45) is 5.92 Å². The average molecular weight is 531 g/mol. The highest BCUT2D eigenvalue weighted by molar-refractivity contribution is 5.86. The summed E-state index contributed by atoms with van der Waals surface area (Å²) in [6.07, 6.45) is -1.41. The van der Waals surface area contributed by atoms with Gasteiger partial charge in [-0.3, -0.25) is 4.79 Å². The van der Waals surface area contributed by atoms with Crippen LogP contribution in [0.5, 0.6) is 0 Å². The van der Waals surface area contributed by atoms with Gasteiger partial charge in [-0.2, -0.15) is 0 Å². The first-order valence-corrected chi connectivity index (χ1v) is 13.1. The topological polar surface area (TPSA) is 114 Å². The minimum Gasteiger partial charge on any atom is -0.480 e. The van der Waals surface area contributed by atoms with Gasteiger partial charge in [-0.05, 0) is 41.7 Å². The Kier molecular flexibility index (Phi) is 8.99. The number of carboxylic acids is 1. The highest BCUT2D eigenvalue weighted by Gasteiger charge is 2.32. The fourth-order valence-electron chi connectivity index (χ4n) is 4.74. The summed E-state index contributed by atoms with van der Waals surface area (Å²) < 4.78 is 11.3. The maximum absolute atomic E-state index is 12.9. The molecule has 39 heavy (non-hydrogen) atoms. The Balaban J connectivity index is 1.29. The van der Waals surface area contributed by atoms with E-state index in [0.29, 0.717) is 0 Å². The molecule has 1 aliphatic carbocycles. The summed E-state index contributed by atoms with van der Waals surface area (Å²) in [6.45, 7) is 5.28. The number of hydrogen-bond acceptors (Lipinski definition) is 5. The van der Waals surface area contributed by atoms with E-state index in [1.54, 1.807) is 20.8 Å². The minimum atomic E-state index is -1.25. The van der Waals surface area contributed by atoms with Crippen LogP contribution in [0.1, 0.15) is 43.4 Å². The normalized spacial score (nSPS) is 15.3. The first kappa shape index (κ1) is 27.9. The number of nitrogens with one attached hydrogen (secondary N) is 2. The number of benzene rings is 3. The van der Waals surface area contributed by atoms with Gasteiger partial charge in [-0.15, -0.1) is 0 Å². The van der Waals surface area contributed by atoms with Crippen molar-refractivity contribution in [3.8, 4) is 11.1 Å². The summed E-state index contributed by atoms with van der Waals surface area (Å²) in [5, 5.41) is 14.9. The molecule has 0 fully saturated rings. The largest absolute Gasteiger partial charge is 0.480 e. The molecular weight excluding hydrogens is 496 g/mol. The Bertz CT molecular complexity index is 1270. The average Bonchev–Trinajstić information content (AvgIpc) is 3.27. The van der Waals surface area contributed by atoms with Crippen LogP contribution in [0.15, 0.2) is 78.9 Å². The second-order valence-electron chi connectivity index (χ2n) is 9.87. The third kappa shape index (κ3) is 6.64. The number of rotatable bonds is 11. The van der Waals surface area contributed by atoms with Gasteiger partial charge >= 0.3 is 12.1 Å². The maximum Gasteiger partial charge on any atom is 0.407 e. The lowest BCUT2D eigenvalue weighted by Gasteiger charge is -2.26. The quantitative estimate of drug-likeness (QED) is 0.331. The molecule has 0 bridgehead atoms. The van der Waals surface area contributed by atoms with Crippen LogP contribution in [0.2, 0.25) is 0 Å². The molecule has 0 radical (unpaired) electrons. The van der Waals surface area contributed by atoms with Crippen molar-refractivity contribution < 1.29 is 29.0 Å². The number of carbonyl (C=O) groups is 3. The second-order valence-corrected chi connectivity index (χ2v) is 9.87. The highest BCUT2D eigenvalue weighted by Crippen LogP contribution is 2.44. The van der Waals surface area contributed by atoms with Gasteiger partial charge in [0.1, 0.15) is 6.61 Å². The molecule has 0 saturated heterocycles. The molecule has 0 aromatic heterocycles. The van der Waals surface area contributed by atoms with Crippen LogP contribution in [-0.2, 0) is 25.7 Å². The number of aliphatic carboxylic acids is 1. The van der Waals surface area contributed by atoms with Gasteiger partial charge in [0.15, 0.2) is 6.04 Å². The summed E-state index contributed by atoms with van der Waals surface area (Å²) in [5.41, 5.74) is 5.38. The lowest BCUT2D eigenvalue weighted by molar-refractivity contribution is -0.147. The molecule has 1 aliphatic rings. The van der Waals surface area contributed by atoms with Crippen molar-refractivity contribution in [2.75, 3.05) is 6.61 Å². The van der Waals surface area contributed by atoms with Crippen molar-refractivity contribution in [1.82, 2.24) is 10.6 Å². The van der Waals surface area contributed by atoms with E-state index in [0.717, 1.165) is 27.8 Å². The van der Waals surface area contributed by atoms with Gasteiger partial charge in [0.05, 0.1) is 18.6 Å². The van der Waals surface area contributed by atoms with Crippen LogP contribution in [-0.4, -0.2) is 47.9 Å².